The minimum Gasteiger partial charge on any atom is -0.435 e. The van der Waals surface area contributed by atoms with Crippen molar-refractivity contribution in [2.45, 2.75) is 209 Å². The lowest BCUT2D eigenvalue weighted by Gasteiger charge is -2.31. The molecule has 0 saturated heterocycles. The van der Waals surface area contributed by atoms with E-state index in [2.05, 4.69) is 287 Å². The molecule has 0 atom stereocenters. The summed E-state index contributed by atoms with van der Waals surface area (Å²) in [4.78, 5) is 14.3. The summed E-state index contributed by atoms with van der Waals surface area (Å²) in [7, 11) is -4.17. The van der Waals surface area contributed by atoms with Gasteiger partial charge < -0.3 is 27.9 Å². The first-order chi connectivity index (χ1) is 35.1. The van der Waals surface area contributed by atoms with Gasteiger partial charge in [0, 0.05) is 22.3 Å². The van der Waals surface area contributed by atoms with Crippen molar-refractivity contribution >= 4 is 36.4 Å². The van der Waals surface area contributed by atoms with E-state index in [0.29, 0.717) is 0 Å². The van der Waals surface area contributed by atoms with E-state index < -0.39 is 25.8 Å². The molecule has 0 spiro atoms. The van der Waals surface area contributed by atoms with Gasteiger partial charge in [-0.25, -0.2) is 0 Å². The first-order valence-electron chi connectivity index (χ1n) is 27.3. The molecule has 0 fully saturated rings. The van der Waals surface area contributed by atoms with E-state index in [1.54, 1.807) is 0 Å². The predicted molar refractivity (Wildman–Crippen MR) is 336 cm³/mol. The molecule has 0 amide bonds. The van der Waals surface area contributed by atoms with Gasteiger partial charge in [-0.05, 0) is 125 Å². The van der Waals surface area contributed by atoms with Crippen LogP contribution in [0.2, 0.25) is 0 Å². The Morgan fingerprint density at radius 3 is 0.610 bits per heavy atom. The van der Waals surface area contributed by atoms with Gasteiger partial charge in [0.25, 0.3) is 0 Å². The standard InChI is InChI=1S/C68H92O4P2.H3O2P/c1-61(2,3)47-29-37-57(53(41-47)65(13,14)15)69-73(70-58-38-30-48(62(4,5)6)42-54(58)66(16,17)18)51-33-25-45(26-34-51)46-27-35-52(36-28-46)74(71-59-39-31-49(63(7,8)9)43-55(59)67(19,20)21)72-60-40-32-50(64(10,11)12)44-56(60)68(22,23)24;1-3-2/h25-44H,1-24H3;1-3H. The van der Waals surface area contributed by atoms with Crippen molar-refractivity contribution in [2.75, 3.05) is 0 Å². The molecule has 0 aliphatic carbocycles. The predicted octanol–water partition coefficient (Wildman–Crippen LogP) is 19.4. The van der Waals surface area contributed by atoms with Crippen molar-refractivity contribution in [3.8, 4) is 34.1 Å². The molecule has 0 bridgehead atoms. The molecule has 9 heteroatoms. The van der Waals surface area contributed by atoms with Crippen molar-refractivity contribution in [3.63, 3.8) is 0 Å². The third kappa shape index (κ3) is 16.9. The van der Waals surface area contributed by atoms with Crippen LogP contribution in [0, 0.1) is 0 Å². The molecule has 6 aromatic carbocycles. The van der Waals surface area contributed by atoms with E-state index in [1.807, 2.05) is 0 Å². The Balaban J connectivity index is 0.00000356. The van der Waals surface area contributed by atoms with Crippen LogP contribution in [-0.4, -0.2) is 9.79 Å². The number of benzene rings is 6. The van der Waals surface area contributed by atoms with Gasteiger partial charge in [-0.2, -0.15) is 0 Å². The van der Waals surface area contributed by atoms with E-state index in [1.165, 1.54) is 22.3 Å². The van der Waals surface area contributed by atoms with E-state index in [-0.39, 0.29) is 43.3 Å². The van der Waals surface area contributed by atoms with Crippen LogP contribution in [0.15, 0.2) is 121 Å². The summed E-state index contributed by atoms with van der Waals surface area (Å²) in [6.07, 6.45) is 0. The number of hydrogen-bond donors (Lipinski definition) is 2. The highest BCUT2D eigenvalue weighted by molar-refractivity contribution is 7.57. The van der Waals surface area contributed by atoms with Gasteiger partial charge in [0.05, 0.1) is 10.6 Å². The summed E-state index contributed by atoms with van der Waals surface area (Å²) in [6.45, 7) is 54.3. The summed E-state index contributed by atoms with van der Waals surface area (Å²) < 4.78 is 28.8. The second-order valence-electron chi connectivity index (χ2n) is 28.9. The second-order valence-corrected chi connectivity index (χ2v) is 31.9. The van der Waals surface area contributed by atoms with Crippen LogP contribution in [0.3, 0.4) is 0 Å². The molecule has 2 N–H and O–H groups in total. The van der Waals surface area contributed by atoms with Crippen molar-refractivity contribution in [2.24, 2.45) is 0 Å². The van der Waals surface area contributed by atoms with Crippen molar-refractivity contribution in [3.05, 3.63) is 166 Å². The molecule has 0 heterocycles. The maximum atomic E-state index is 7.20. The van der Waals surface area contributed by atoms with Crippen LogP contribution in [0.4, 0.5) is 0 Å². The largest absolute Gasteiger partial charge is 0.435 e. The zero-order valence-electron chi connectivity index (χ0n) is 51.5. The molecule has 0 aliphatic rings. The molecule has 0 aromatic heterocycles. The number of hydrogen-bond acceptors (Lipinski definition) is 6. The fourth-order valence-corrected chi connectivity index (χ4v) is 11.4. The third-order valence-electron chi connectivity index (χ3n) is 13.8. The van der Waals surface area contributed by atoms with Crippen LogP contribution < -0.4 is 28.7 Å². The maximum Gasteiger partial charge on any atom is 0.326 e. The third-order valence-corrected chi connectivity index (χ3v) is 16.7. The van der Waals surface area contributed by atoms with E-state index >= 15 is 0 Å². The molecule has 0 radical (unpaired) electrons. The fraction of sp³-hybridized carbons (Fsp3) is 0.471. The van der Waals surface area contributed by atoms with Gasteiger partial charge in [0.2, 0.25) is 0 Å². The topological polar surface area (TPSA) is 77.4 Å². The van der Waals surface area contributed by atoms with Gasteiger partial charge >= 0.3 is 16.8 Å². The van der Waals surface area contributed by atoms with Crippen LogP contribution in [0.5, 0.6) is 23.0 Å². The Hall–Kier alpha value is -4.27. The van der Waals surface area contributed by atoms with E-state index in [0.717, 1.165) is 67.0 Å². The molecule has 0 saturated carbocycles. The van der Waals surface area contributed by atoms with Gasteiger partial charge in [-0.1, -0.05) is 239 Å². The Morgan fingerprint density at radius 2 is 0.455 bits per heavy atom. The van der Waals surface area contributed by atoms with Crippen molar-refractivity contribution in [1.29, 1.82) is 0 Å². The highest BCUT2D eigenvalue weighted by Gasteiger charge is 2.32. The van der Waals surface area contributed by atoms with Crippen LogP contribution in [0.25, 0.3) is 11.1 Å². The summed E-state index contributed by atoms with van der Waals surface area (Å²) >= 11 is 0. The summed E-state index contributed by atoms with van der Waals surface area (Å²) in [5.41, 5.74) is 11.3. The maximum absolute atomic E-state index is 7.20. The molecule has 418 valence electrons. The minimum absolute atomic E-state index is 0.00545. The zero-order chi connectivity index (χ0) is 58.1. The lowest BCUT2D eigenvalue weighted by Crippen LogP contribution is -2.20. The second kappa shape index (κ2) is 23.8. The molecule has 77 heavy (non-hydrogen) atoms. The smallest absolute Gasteiger partial charge is 0.326 e. The molecule has 6 nitrogen and oxygen atoms in total. The molecular weight excluding hydrogens is 1010 g/mol. The zero-order valence-corrected chi connectivity index (χ0v) is 54.3. The lowest BCUT2D eigenvalue weighted by molar-refractivity contribution is 0.465. The SMILES string of the molecule is CC(C)(C)c1ccc(OP(Oc2ccc(C(C)(C)C)cc2C(C)(C)C)c2ccc(-c3ccc(P(Oc4ccc(C(C)(C)C)cc4C(C)(C)C)Oc4ccc(C(C)(C)C)cc4C(C)(C)C)cc3)cc2)c(C(C)(C)C)c1.OPO. The Labute approximate surface area is 471 Å². The quantitative estimate of drug-likeness (QED) is 0.126. The first kappa shape index (κ1) is 63.6. The van der Waals surface area contributed by atoms with Gasteiger partial charge in [-0.15, -0.1) is 0 Å². The Morgan fingerprint density at radius 1 is 0.273 bits per heavy atom. The fourth-order valence-electron chi connectivity index (χ4n) is 8.81. The Bertz CT molecular complexity index is 2560. The van der Waals surface area contributed by atoms with E-state index in [4.69, 9.17) is 27.9 Å². The highest BCUT2D eigenvalue weighted by atomic mass is 31.2. The monoisotopic (exact) mass is 1100 g/mol. The average Bonchev–Trinajstić information content (AvgIpc) is 3.29. The van der Waals surface area contributed by atoms with Gasteiger partial charge in [0.1, 0.15) is 32.0 Å². The van der Waals surface area contributed by atoms with Crippen molar-refractivity contribution < 1.29 is 27.9 Å². The average molecular weight is 1100 g/mol. The summed E-state index contributed by atoms with van der Waals surface area (Å²) in [5.74, 6) is 3.39. The van der Waals surface area contributed by atoms with Gasteiger partial charge in [-0.3, -0.25) is 0 Å². The van der Waals surface area contributed by atoms with Crippen LogP contribution in [-0.2, 0) is 43.3 Å². The molecule has 6 aromatic rings. The lowest BCUT2D eigenvalue weighted by atomic mass is 9.80. The molecule has 0 unspecified atom stereocenters. The number of rotatable bonds is 11. The summed E-state index contributed by atoms with van der Waals surface area (Å²) in [5, 5.41) is 1.98. The first-order valence-corrected chi connectivity index (χ1v) is 30.5. The van der Waals surface area contributed by atoms with E-state index in [9.17, 15) is 0 Å². The van der Waals surface area contributed by atoms with Crippen LogP contribution >= 0.6 is 25.8 Å². The van der Waals surface area contributed by atoms with Crippen molar-refractivity contribution in [1.82, 2.24) is 0 Å². The molecule has 6 rings (SSSR count). The normalized spacial score (nSPS) is 13.1. The highest BCUT2D eigenvalue weighted by Crippen LogP contribution is 2.50. The molecule has 0 aliphatic heterocycles. The summed E-state index contributed by atoms with van der Waals surface area (Å²) in [6, 6.07) is 44.3. The van der Waals surface area contributed by atoms with Crippen LogP contribution in [0.1, 0.15) is 211 Å². The Kier molecular flexibility index (Phi) is 19.7. The minimum atomic E-state index is -1.63. The molecular formula is C68H95O6P3. The van der Waals surface area contributed by atoms with Gasteiger partial charge in [0.15, 0.2) is 0 Å².